The fourth-order valence-corrected chi connectivity index (χ4v) is 25.5. The summed E-state index contributed by atoms with van der Waals surface area (Å²) in [6, 6.07) is 9.74. The molecule has 6 bridgehead atoms. The van der Waals surface area contributed by atoms with E-state index in [9.17, 15) is 38.9 Å². The number of halogens is 5. The first-order chi connectivity index (χ1) is 63.5. The van der Waals surface area contributed by atoms with Crippen LogP contribution in [0.3, 0.4) is 0 Å². The number of aromatic nitrogens is 18. The van der Waals surface area contributed by atoms with Crippen LogP contribution in [0.4, 0.5) is 56.9 Å². The second-order valence-corrected chi connectivity index (χ2v) is 50.1. The number of anilines is 6. The molecule has 9 aliphatic rings. The van der Waals surface area contributed by atoms with Crippen LogP contribution in [-0.2, 0) is 154 Å². The predicted molar refractivity (Wildman–Crippen MR) is 483 cm³/mol. The highest BCUT2D eigenvalue weighted by Crippen LogP contribution is 2.62. The Hall–Kier alpha value is -7.10. The van der Waals surface area contributed by atoms with Crippen LogP contribution in [0.5, 0.6) is 0 Å². The van der Waals surface area contributed by atoms with Crippen molar-refractivity contribution in [3.63, 3.8) is 0 Å². The summed E-state index contributed by atoms with van der Waals surface area (Å²) in [5, 5.41) is 1.69. The van der Waals surface area contributed by atoms with Gasteiger partial charge in [-0.25, -0.2) is 51.9 Å². The lowest BCUT2D eigenvalue weighted by Gasteiger charge is -2.28. The minimum absolute atomic E-state index is 0.0114. The lowest BCUT2D eigenvalue weighted by Crippen LogP contribution is -2.34. The Morgan fingerprint density at radius 1 is 0.351 bits per heavy atom. The van der Waals surface area contributed by atoms with Gasteiger partial charge in [0.1, 0.15) is 84.1 Å². The van der Waals surface area contributed by atoms with E-state index in [2.05, 4.69) is 72.1 Å². The van der Waals surface area contributed by atoms with Crippen LogP contribution in [0.2, 0.25) is 0 Å². The molecular weight excluding hydrogens is 2050 g/mol. The SMILES string of the molecule is Nc1nc2c(ncn2[C@@H]2O[C@@H]3COP(O)(=S)O[C@H]4[C@H](F)[C@H](n5ccc6c(N)ccnc65)O[C@@H]4COP(=S)(S)O[C@@H]2[C@H]3F)c(=O)[nH]1.Nc1nc2c(ncn2[C@@H]2O[C@@H]3COP(O)(=S)O[C@H]4[C@H](F)[C@H](n5ccc6c(N)ccnc65)O[C@@H]4COP(O)(=S)O[C@@H]2C3)c(=O)[nH]1.Nc1nc2c(ncn2[C@@H]2O[C@@H]3COP(O)(=S)O[C@H]4[C@H](F)[C@H](n5ccc6c(N)ccnc65)O[C@@H]4COP(O)(=S)O[C@@H]2[C@H]3F)c(=O)[nH]1. The van der Waals surface area contributed by atoms with E-state index in [1.54, 1.807) is 48.8 Å². The van der Waals surface area contributed by atoms with E-state index < -0.39 is 230 Å². The summed E-state index contributed by atoms with van der Waals surface area (Å²) in [7, 11) is 0. The van der Waals surface area contributed by atoms with Crippen molar-refractivity contribution in [1.82, 2.24) is 87.2 Å². The van der Waals surface area contributed by atoms with Gasteiger partial charge in [-0.05, 0) is 107 Å². The number of H-pyrrole nitrogens is 3. The number of pyridine rings is 3. The minimum Gasteiger partial charge on any atom is -0.398 e. The number of fused-ring (bicyclic) bond motifs is 15. The van der Waals surface area contributed by atoms with Gasteiger partial charge in [-0.2, -0.15) is 15.0 Å². The number of hydrogen-bond donors (Lipinski definition) is 15. The number of imidazole rings is 3. The monoisotopic (exact) mass is 2120 g/mol. The highest BCUT2D eigenvalue weighted by atomic mass is 32.9. The van der Waals surface area contributed by atoms with Crippen molar-refractivity contribution in [2.24, 2.45) is 0 Å². The molecule has 0 amide bonds. The molecule has 68 heteroatoms. The van der Waals surface area contributed by atoms with E-state index >= 15 is 22.0 Å². The number of hydrogen-bond acceptors (Lipinski definition) is 42. The molecular formula is C66H73F5N24O26P6S7. The molecule has 9 fully saturated rings. The summed E-state index contributed by atoms with van der Waals surface area (Å²) in [6.45, 7) is -24.2. The molecule has 50 nitrogen and oxygen atoms in total. The highest BCUT2D eigenvalue weighted by Gasteiger charge is 2.58. The van der Waals surface area contributed by atoms with Crippen molar-refractivity contribution in [3.8, 4) is 0 Å². The molecule has 9 saturated heterocycles. The van der Waals surface area contributed by atoms with Crippen molar-refractivity contribution in [3.05, 3.63) is 124 Å². The van der Waals surface area contributed by atoms with Crippen molar-refractivity contribution in [2.45, 2.75) is 148 Å². The van der Waals surface area contributed by atoms with Crippen LogP contribution >= 0.6 is 51.5 Å². The van der Waals surface area contributed by atoms with Crippen LogP contribution < -0.4 is 51.1 Å². The molecule has 0 saturated carbocycles. The molecule has 0 spiro atoms. The number of ether oxygens (including phenoxy) is 6. The Morgan fingerprint density at radius 3 is 1.02 bits per heavy atom. The molecule has 12 aromatic heterocycles. The normalized spacial score (nSPS) is 37.3. The van der Waals surface area contributed by atoms with Crippen molar-refractivity contribution < 1.29 is 129 Å². The molecule has 29 atom stereocenters. The van der Waals surface area contributed by atoms with E-state index in [4.69, 9.17) is 188 Å². The first kappa shape index (κ1) is 95.8. The van der Waals surface area contributed by atoms with Gasteiger partial charge in [-0.1, -0.05) is 12.2 Å². The largest absolute Gasteiger partial charge is 0.398 e. The van der Waals surface area contributed by atoms with Gasteiger partial charge in [-0.3, -0.25) is 61.1 Å². The van der Waals surface area contributed by atoms with E-state index in [1.165, 1.54) is 64.8 Å². The topological polar surface area (TPSA) is 668 Å². The van der Waals surface area contributed by atoms with Gasteiger partial charge in [0.2, 0.25) is 23.5 Å². The van der Waals surface area contributed by atoms with Crippen molar-refractivity contribution >= 4 is 224 Å². The Balaban J connectivity index is 0.000000129. The van der Waals surface area contributed by atoms with E-state index in [0.29, 0.717) is 50.2 Å². The fraction of sp³-hybridized carbons (Fsp3) is 0.455. The smallest absolute Gasteiger partial charge is 0.325 e. The fourth-order valence-electron chi connectivity index (χ4n) is 16.4. The predicted octanol–water partition coefficient (Wildman–Crippen LogP) is 4.16. The zero-order valence-corrected chi connectivity index (χ0v) is 78.5. The number of nitrogens with one attached hydrogen (secondary N) is 3. The first-order valence-corrected chi connectivity index (χ1v) is 56.1. The summed E-state index contributed by atoms with van der Waals surface area (Å²) in [5.41, 5.74) is 31.7. The molecule has 12 aromatic rings. The van der Waals surface area contributed by atoms with Gasteiger partial charge < -0.3 is 137 Å². The third-order valence-corrected chi connectivity index (χ3v) is 32.4. The van der Waals surface area contributed by atoms with Gasteiger partial charge in [-0.15, -0.1) is 0 Å². The number of aromatic amines is 3. The number of thiol groups is 1. The van der Waals surface area contributed by atoms with Crippen LogP contribution in [0.15, 0.2) is 107 Å². The van der Waals surface area contributed by atoms with Gasteiger partial charge >= 0.3 is 33.6 Å². The number of nitrogen functional groups attached to an aromatic ring is 6. The zero-order chi connectivity index (χ0) is 94.6. The zero-order valence-electron chi connectivity index (χ0n) is 67.3. The maximum Gasteiger partial charge on any atom is 0.325 e. The number of alkyl halides is 5. The van der Waals surface area contributed by atoms with Gasteiger partial charge in [0, 0.05) is 76.8 Å². The maximum absolute atomic E-state index is 16.1. The summed E-state index contributed by atoms with van der Waals surface area (Å²) in [4.78, 5) is 136. The molecule has 0 aliphatic carbocycles. The Morgan fingerprint density at radius 2 is 0.657 bits per heavy atom. The lowest BCUT2D eigenvalue weighted by molar-refractivity contribution is -0.0598. The second kappa shape index (κ2) is 36.8. The molecule has 6 unspecified atom stereocenters. The Bertz CT molecular complexity index is 6830. The quantitative estimate of drug-likeness (QED) is 0.0631. The van der Waals surface area contributed by atoms with Crippen molar-refractivity contribution in [1.29, 1.82) is 0 Å². The Labute approximate surface area is 780 Å². The van der Waals surface area contributed by atoms with Crippen molar-refractivity contribution in [2.75, 3.05) is 74.0 Å². The summed E-state index contributed by atoms with van der Waals surface area (Å²) in [6.07, 6.45) is -20.9. The highest BCUT2D eigenvalue weighted by molar-refractivity contribution is 8.60. The van der Waals surface area contributed by atoms with Crippen LogP contribution in [-0.4, -0.2) is 255 Å². The average Bonchev–Trinajstić information content (AvgIpc) is 1.61. The van der Waals surface area contributed by atoms with Crippen LogP contribution in [0, 0.1) is 0 Å². The lowest BCUT2D eigenvalue weighted by atomic mass is 10.1. The molecule has 21 heterocycles. The maximum atomic E-state index is 16.1. The molecule has 20 N–H and O–H groups in total. The molecule has 0 aromatic carbocycles. The molecule has 21 rings (SSSR count). The van der Waals surface area contributed by atoms with E-state index in [1.807, 2.05) is 0 Å². The van der Waals surface area contributed by atoms with E-state index in [-0.39, 0.29) is 64.4 Å². The van der Waals surface area contributed by atoms with Gasteiger partial charge in [0.25, 0.3) is 16.7 Å². The molecule has 9 aliphatic heterocycles. The number of nitrogens with zero attached hydrogens (tertiary/aromatic N) is 15. The second-order valence-electron chi connectivity index (χ2n) is 30.9. The van der Waals surface area contributed by atoms with Gasteiger partial charge in [0.15, 0.2) is 102 Å². The number of rotatable bonds is 6. The third-order valence-electron chi connectivity index (χ3n) is 22.4. The standard InChI is InChI=1S/C22H24F2N8O9P2S2.C22H24F2N8O8P2S3.C22H25FN8O9P2S2/c23-12-10-5-36-42(34,44)40-15-11(39-20(13(15)24)31-4-2-8-9(25)1-3-27-17(8)31)6-37-43(35,45)41-16(12)21(38-10)32-7-28-14-18(32)29-22(26)30-19(14)33;23-12-10-5-35-41(34,43)39-15-11(38-20(13(15)24)31-4-2-8-9(25)1-3-27-17(8)31)6-36-42(44,45)40-16(12)21(37-10)32-7-28-14-18(32)29-22(26)30-19(14)33;23-14-16-13(38-21(14)30-4-2-10-11(24)1-3-26-17(10)30)7-36-41(33,43)39-12-5-9(6-35-42(34,44)40-16)37-20(12)31-8-27-15-18(31)28-22(25)29-19(15)32/h1-4,7,10-13,15-16,20-21H,5-6H2,(H2,25,27)(H,34,44)(H,35,45)(H3,26,29,30,33);1-4,7,10-13,15-16,20-21H,5-6H2,(H2,25,27)(H,34,43)(H,44,45)(H3,26,29,30,33);1-4,8-9,12-14,16,20-21H,5-7H2,(H2,24,26)(H,33,43)(H,34,44)(H3,25,28,29,32)/t10-,11-,12+,13+,15-,16-,20-,21-,42?,43?;10-,11-,12+,13+,15-,16-,20-,21-,41?;9-,12+,13+,14-,16+,20+,21+,41?,42?/m110/s1. The molecule has 134 heavy (non-hydrogen) atoms. The summed E-state index contributed by atoms with van der Waals surface area (Å²) >= 11 is 35.9. The minimum atomic E-state index is -4.33. The Kier molecular flexibility index (Phi) is 26.3. The van der Waals surface area contributed by atoms with Crippen LogP contribution in [0.25, 0.3) is 66.6 Å². The van der Waals surface area contributed by atoms with Gasteiger partial charge in [0.05, 0.1) is 64.7 Å². The molecule has 720 valence electrons. The average molecular weight is 2120 g/mol. The third kappa shape index (κ3) is 18.9. The summed E-state index contributed by atoms with van der Waals surface area (Å²) < 4.78 is 191. The van der Waals surface area contributed by atoms with E-state index in [0.717, 1.165) is 6.33 Å². The summed E-state index contributed by atoms with van der Waals surface area (Å²) in [5.74, 6) is -0.620. The first-order valence-electron chi connectivity index (χ1n) is 39.4. The molecule has 0 radical (unpaired) electrons. The van der Waals surface area contributed by atoms with Crippen LogP contribution in [0.1, 0.15) is 43.8 Å². The number of nitrogens with two attached hydrogens (primary N) is 6.